The third-order valence-electron chi connectivity index (χ3n) is 9.77. The van der Waals surface area contributed by atoms with Gasteiger partial charge in [0.1, 0.15) is 0 Å². The first-order valence-corrected chi connectivity index (χ1v) is 16.9. The number of nitrogens with one attached hydrogen (secondary N) is 1. The molecule has 4 nitrogen and oxygen atoms in total. The summed E-state index contributed by atoms with van der Waals surface area (Å²) in [6.07, 6.45) is 0. The Morgan fingerprint density at radius 2 is 1.12 bits per heavy atom. The average molecular weight is 631 g/mol. The highest BCUT2D eigenvalue weighted by atomic mass is 15.0. The topological polar surface area (TPSA) is 50.2 Å². The van der Waals surface area contributed by atoms with E-state index in [1.54, 1.807) is 0 Å². The van der Waals surface area contributed by atoms with Crippen molar-refractivity contribution in [3.05, 3.63) is 151 Å². The van der Waals surface area contributed by atoms with Gasteiger partial charge in [0.2, 0.25) is 0 Å². The summed E-state index contributed by atoms with van der Waals surface area (Å²) in [5, 5.41) is 11.2. The van der Waals surface area contributed by atoms with E-state index in [4.69, 9.17) is 15.0 Å². The molecule has 0 fully saturated rings. The third-order valence-corrected chi connectivity index (χ3v) is 9.77. The van der Waals surface area contributed by atoms with Crippen molar-refractivity contribution < 1.29 is 0 Å². The van der Waals surface area contributed by atoms with Gasteiger partial charge in [0.05, 0.1) is 23.3 Å². The zero-order valence-electron chi connectivity index (χ0n) is 27.7. The molecule has 49 heavy (non-hydrogen) atoms. The van der Waals surface area contributed by atoms with Crippen LogP contribution in [0.2, 0.25) is 0 Å². The Kier molecular flexibility index (Phi) is 6.84. The summed E-state index contributed by atoms with van der Waals surface area (Å²) in [5.74, 6) is 1.64. The van der Waals surface area contributed by atoms with Crippen LogP contribution in [0.4, 0.5) is 0 Å². The van der Waals surface area contributed by atoms with E-state index in [9.17, 15) is 0 Å². The molecule has 0 saturated carbocycles. The largest absolute Gasteiger partial charge is 0.367 e. The number of benzene rings is 7. The maximum atomic E-state index is 5.24. The van der Waals surface area contributed by atoms with Crippen LogP contribution in [-0.4, -0.2) is 21.8 Å². The summed E-state index contributed by atoms with van der Waals surface area (Å²) < 4.78 is 0. The fraction of sp³-hybridized carbons (Fsp3) is 0.0889. The monoisotopic (exact) mass is 630 g/mol. The van der Waals surface area contributed by atoms with Crippen LogP contribution in [0.1, 0.15) is 26.3 Å². The van der Waals surface area contributed by atoms with Gasteiger partial charge >= 0.3 is 0 Å². The zero-order chi connectivity index (χ0) is 33.1. The minimum Gasteiger partial charge on any atom is -0.367 e. The van der Waals surface area contributed by atoms with Crippen LogP contribution < -0.4 is 5.32 Å². The number of hydrogen-bond donors (Lipinski definition) is 1. The lowest BCUT2D eigenvalue weighted by Crippen LogP contribution is -2.35. The van der Waals surface area contributed by atoms with Crippen LogP contribution in [0.5, 0.6) is 0 Å². The first-order valence-electron chi connectivity index (χ1n) is 16.9. The Bertz CT molecular complexity index is 2540. The van der Waals surface area contributed by atoms with Crippen molar-refractivity contribution in [2.45, 2.75) is 26.8 Å². The molecule has 1 aliphatic heterocycles. The van der Waals surface area contributed by atoms with Gasteiger partial charge in [0.25, 0.3) is 0 Å². The molecule has 0 bridgehead atoms. The molecule has 0 aliphatic carbocycles. The molecule has 1 N–H and O–H groups in total. The van der Waals surface area contributed by atoms with Crippen molar-refractivity contribution in [1.29, 1.82) is 0 Å². The van der Waals surface area contributed by atoms with Gasteiger partial charge in [-0.1, -0.05) is 109 Å². The molecule has 0 saturated heterocycles. The maximum Gasteiger partial charge on any atom is 0.160 e. The Labute approximate surface area is 285 Å². The molecule has 1 atom stereocenters. The minimum atomic E-state index is 0.101. The molecule has 1 aliphatic rings. The van der Waals surface area contributed by atoms with E-state index in [1.165, 1.54) is 43.5 Å². The van der Waals surface area contributed by atoms with E-state index in [0.717, 1.165) is 50.7 Å². The molecule has 234 valence electrons. The number of aromatic nitrogens is 2. The molecule has 0 amide bonds. The smallest absolute Gasteiger partial charge is 0.160 e. The predicted molar refractivity (Wildman–Crippen MR) is 206 cm³/mol. The highest BCUT2D eigenvalue weighted by Crippen LogP contribution is 2.42. The highest BCUT2D eigenvalue weighted by Gasteiger charge is 2.22. The lowest BCUT2D eigenvalue weighted by Gasteiger charge is -2.26. The van der Waals surface area contributed by atoms with Gasteiger partial charge < -0.3 is 5.32 Å². The Morgan fingerprint density at radius 3 is 1.86 bits per heavy atom. The summed E-state index contributed by atoms with van der Waals surface area (Å²) in [5.41, 5.74) is 10.5. The Hall–Kier alpha value is -6.13. The van der Waals surface area contributed by atoms with Crippen molar-refractivity contribution in [2.75, 3.05) is 0 Å². The second-order valence-corrected chi connectivity index (χ2v) is 13.0. The Morgan fingerprint density at radius 1 is 0.510 bits per heavy atom. The predicted octanol–water partition coefficient (Wildman–Crippen LogP) is 11.2. The normalized spacial score (nSPS) is 14.8. The molecular weight excluding hydrogens is 597 g/mol. The fourth-order valence-corrected chi connectivity index (χ4v) is 7.66. The first kappa shape index (κ1) is 29.0. The minimum absolute atomic E-state index is 0.101. The molecule has 8 aromatic rings. The Balaban J connectivity index is 1.35. The number of hydrogen-bond acceptors (Lipinski definition) is 4. The van der Waals surface area contributed by atoms with Crippen LogP contribution in [0, 0.1) is 0 Å². The molecular formula is C45H34N4. The molecule has 2 heterocycles. The average Bonchev–Trinajstić information content (AvgIpc) is 3.14. The molecule has 7 aromatic carbocycles. The highest BCUT2D eigenvalue weighted by molar-refractivity contribution is 6.26. The molecule has 4 heteroatoms. The lowest BCUT2D eigenvalue weighted by atomic mass is 9.86. The number of aliphatic imine (C=N–C) groups is 1. The van der Waals surface area contributed by atoms with E-state index in [-0.39, 0.29) is 6.04 Å². The third kappa shape index (κ3) is 5.04. The molecule has 0 spiro atoms. The quantitative estimate of drug-likeness (QED) is 0.193. The molecule has 9 rings (SSSR count). The van der Waals surface area contributed by atoms with E-state index in [0.29, 0.717) is 5.82 Å². The van der Waals surface area contributed by atoms with E-state index >= 15 is 0 Å². The zero-order valence-corrected chi connectivity index (χ0v) is 27.7. The second kappa shape index (κ2) is 11.5. The van der Waals surface area contributed by atoms with Gasteiger partial charge in [-0.3, -0.25) is 0 Å². The van der Waals surface area contributed by atoms with Crippen LogP contribution in [0.25, 0.3) is 82.9 Å². The van der Waals surface area contributed by atoms with E-state index < -0.39 is 0 Å². The first-order chi connectivity index (χ1) is 24.0. The standard InChI is InChI=1S/C45H34N4/c1-27-42(28(2)47-29(3)46-27)37-23-35(39-25-34-18-10-16-31-20-21-32-17-11-19-38(39)44(32)43(31)34)22-36(24-37)41-26-40(30-12-6-4-7-13-30)48-45(49-41)33-14-8-5-9-15-33/h4-27H,1-3H3,(H,46,47). The van der Waals surface area contributed by atoms with Crippen LogP contribution >= 0.6 is 0 Å². The summed E-state index contributed by atoms with van der Waals surface area (Å²) in [7, 11) is 0. The summed E-state index contributed by atoms with van der Waals surface area (Å²) in [4.78, 5) is 15.2. The van der Waals surface area contributed by atoms with Gasteiger partial charge in [0.15, 0.2) is 5.82 Å². The summed E-state index contributed by atoms with van der Waals surface area (Å²) in [6.45, 7) is 6.36. The van der Waals surface area contributed by atoms with E-state index in [1.807, 2.05) is 31.2 Å². The van der Waals surface area contributed by atoms with Crippen molar-refractivity contribution >= 4 is 43.7 Å². The summed E-state index contributed by atoms with van der Waals surface area (Å²) in [6, 6.07) is 49.9. The van der Waals surface area contributed by atoms with Crippen LogP contribution in [0.15, 0.2) is 150 Å². The van der Waals surface area contributed by atoms with Crippen molar-refractivity contribution in [3.8, 4) is 45.0 Å². The van der Waals surface area contributed by atoms with Crippen LogP contribution in [0.3, 0.4) is 0 Å². The maximum absolute atomic E-state index is 5.24. The van der Waals surface area contributed by atoms with Gasteiger partial charge in [-0.2, -0.15) is 0 Å². The van der Waals surface area contributed by atoms with Crippen molar-refractivity contribution in [3.63, 3.8) is 0 Å². The number of amidine groups is 1. The van der Waals surface area contributed by atoms with Crippen LogP contribution in [-0.2, 0) is 0 Å². The fourth-order valence-electron chi connectivity index (χ4n) is 7.66. The van der Waals surface area contributed by atoms with E-state index in [2.05, 4.69) is 134 Å². The van der Waals surface area contributed by atoms with Gasteiger partial charge in [0, 0.05) is 28.0 Å². The van der Waals surface area contributed by atoms with Crippen molar-refractivity contribution in [1.82, 2.24) is 15.3 Å². The molecule has 1 aromatic heterocycles. The second-order valence-electron chi connectivity index (χ2n) is 13.0. The molecule has 1 unspecified atom stereocenters. The number of rotatable bonds is 5. The van der Waals surface area contributed by atoms with Crippen molar-refractivity contribution in [2.24, 2.45) is 4.99 Å². The number of allylic oxidation sites excluding steroid dienone is 1. The summed E-state index contributed by atoms with van der Waals surface area (Å²) >= 11 is 0. The van der Waals surface area contributed by atoms with Gasteiger partial charge in [-0.25, -0.2) is 15.0 Å². The van der Waals surface area contributed by atoms with Gasteiger partial charge in [-0.15, -0.1) is 0 Å². The van der Waals surface area contributed by atoms with Gasteiger partial charge in [-0.05, 0) is 100 Å². The SMILES string of the molecule is CC1=NC(C)=C(c2cc(-c3cc(-c4ccccc4)nc(-c4ccccc4)n3)cc(-c3cc4cccc5ccc6cccc3c6c54)c2)C(C)N1. The number of nitrogens with zero attached hydrogens (tertiary/aromatic N) is 3. The lowest BCUT2D eigenvalue weighted by molar-refractivity contribution is 0.795. The molecule has 0 radical (unpaired) electrons.